The summed E-state index contributed by atoms with van der Waals surface area (Å²) in [5.74, 6) is -1.17. The molecule has 0 spiro atoms. The van der Waals surface area contributed by atoms with Gasteiger partial charge in [0.05, 0.1) is 15.6 Å². The third-order valence-corrected chi connectivity index (χ3v) is 5.10. The molecule has 0 aliphatic carbocycles. The summed E-state index contributed by atoms with van der Waals surface area (Å²) in [5.41, 5.74) is 1.87. The van der Waals surface area contributed by atoms with E-state index in [0.29, 0.717) is 14.9 Å². The Morgan fingerprint density at radius 2 is 1.81 bits per heavy atom. The maximum atomic E-state index is 11.9. The smallest absolute Gasteiger partial charge is 0.306 e. The summed E-state index contributed by atoms with van der Waals surface area (Å²) >= 11 is 6.95. The van der Waals surface area contributed by atoms with E-state index < -0.39 is 11.9 Å². The molecule has 0 aliphatic heterocycles. The predicted molar refractivity (Wildman–Crippen MR) is 108 cm³/mol. The molecule has 2 rings (SSSR count). The van der Waals surface area contributed by atoms with Crippen LogP contribution in [0.4, 0.5) is 5.69 Å². The van der Waals surface area contributed by atoms with Crippen molar-refractivity contribution in [2.24, 2.45) is 0 Å². The van der Waals surface area contributed by atoms with Crippen molar-refractivity contribution in [1.82, 2.24) is 0 Å². The molecule has 1 N–H and O–H groups in total. The second-order valence-electron chi connectivity index (χ2n) is 6.04. The number of benzene rings is 1. The Hall–Kier alpha value is -2.18. The molecule has 0 saturated heterocycles. The van der Waals surface area contributed by atoms with Crippen molar-refractivity contribution in [3.63, 3.8) is 0 Å². The summed E-state index contributed by atoms with van der Waals surface area (Å²) < 4.78 is 5.44. The fourth-order valence-corrected chi connectivity index (χ4v) is 3.36. The Morgan fingerprint density at radius 3 is 2.44 bits per heavy atom. The maximum Gasteiger partial charge on any atom is 0.306 e. The lowest BCUT2D eigenvalue weighted by Crippen LogP contribution is -2.21. The number of nitrogens with one attached hydrogen (secondary N) is 1. The van der Waals surface area contributed by atoms with Crippen LogP contribution < -0.4 is 5.32 Å². The van der Waals surface area contributed by atoms with E-state index in [1.165, 1.54) is 16.9 Å². The first-order valence-electron chi connectivity index (χ1n) is 8.81. The van der Waals surface area contributed by atoms with Gasteiger partial charge in [-0.15, -0.1) is 11.3 Å². The van der Waals surface area contributed by atoms with Gasteiger partial charge in [0.1, 0.15) is 0 Å². The molecular weight excluding hydrogens is 386 g/mol. The van der Waals surface area contributed by atoms with E-state index in [4.69, 9.17) is 16.3 Å². The summed E-state index contributed by atoms with van der Waals surface area (Å²) in [4.78, 5) is 36.0. The molecule has 1 heterocycles. The molecule has 0 saturated carbocycles. The lowest BCUT2D eigenvalue weighted by atomic mass is 10.1. The summed E-state index contributed by atoms with van der Waals surface area (Å²) in [6.07, 6.45) is 3.23. The van der Waals surface area contributed by atoms with E-state index in [9.17, 15) is 14.4 Å². The quantitative estimate of drug-likeness (QED) is 0.449. The molecule has 0 atom stereocenters. The number of rotatable bonds is 10. The van der Waals surface area contributed by atoms with Crippen molar-refractivity contribution in [1.29, 1.82) is 0 Å². The summed E-state index contributed by atoms with van der Waals surface area (Å²) in [5, 5.41) is 2.68. The van der Waals surface area contributed by atoms with Crippen LogP contribution in [0.5, 0.6) is 0 Å². The van der Waals surface area contributed by atoms with Crippen molar-refractivity contribution in [2.75, 3.05) is 11.9 Å². The largest absolute Gasteiger partial charge is 0.456 e. The number of thiophene rings is 1. The monoisotopic (exact) mass is 407 g/mol. The molecule has 0 radical (unpaired) electrons. The fraction of sp³-hybridized carbons (Fsp3) is 0.350. The van der Waals surface area contributed by atoms with Gasteiger partial charge in [0.2, 0.25) is 0 Å². The van der Waals surface area contributed by atoms with E-state index in [1.54, 1.807) is 12.1 Å². The number of ketones is 1. The standard InChI is InChI=1S/C20H22ClNO4S/c1-2-3-4-14-5-7-15(8-6-14)22-19(24)13-26-20(25)12-9-16(23)17-10-11-18(21)27-17/h5-8,10-11H,2-4,9,12-13H2,1H3,(H,22,24). The highest BCUT2D eigenvalue weighted by Gasteiger charge is 2.13. The van der Waals surface area contributed by atoms with Gasteiger partial charge in [-0.05, 0) is 42.7 Å². The molecule has 1 aromatic heterocycles. The Morgan fingerprint density at radius 1 is 1.07 bits per heavy atom. The molecule has 5 nitrogen and oxygen atoms in total. The molecule has 1 amide bonds. The van der Waals surface area contributed by atoms with Gasteiger partial charge < -0.3 is 10.1 Å². The van der Waals surface area contributed by atoms with Crippen molar-refractivity contribution in [3.05, 3.63) is 51.2 Å². The zero-order valence-electron chi connectivity index (χ0n) is 15.1. The van der Waals surface area contributed by atoms with Crippen molar-refractivity contribution >= 4 is 46.3 Å². The van der Waals surface area contributed by atoms with Gasteiger partial charge in [-0.3, -0.25) is 14.4 Å². The normalized spacial score (nSPS) is 10.4. The van der Waals surface area contributed by atoms with E-state index in [2.05, 4.69) is 12.2 Å². The number of carbonyl (C=O) groups excluding carboxylic acids is 3. The van der Waals surface area contributed by atoms with Gasteiger partial charge in [-0.1, -0.05) is 37.1 Å². The number of carbonyl (C=O) groups is 3. The van der Waals surface area contributed by atoms with Gasteiger partial charge in [-0.25, -0.2) is 0 Å². The zero-order valence-corrected chi connectivity index (χ0v) is 16.7. The first-order chi connectivity index (χ1) is 13.0. The molecular formula is C20H22ClNO4S. The van der Waals surface area contributed by atoms with E-state index in [0.717, 1.165) is 19.3 Å². The molecule has 27 heavy (non-hydrogen) atoms. The average Bonchev–Trinajstić information content (AvgIpc) is 3.10. The summed E-state index contributed by atoms with van der Waals surface area (Å²) in [6.45, 7) is 1.76. The number of unbranched alkanes of at least 4 members (excludes halogenated alkanes) is 1. The minimum atomic E-state index is -0.587. The fourth-order valence-electron chi connectivity index (χ4n) is 2.35. The Kier molecular flexibility index (Phi) is 8.48. The van der Waals surface area contributed by atoms with Gasteiger partial charge in [0, 0.05) is 12.1 Å². The van der Waals surface area contributed by atoms with Crippen LogP contribution in [0.2, 0.25) is 4.34 Å². The lowest BCUT2D eigenvalue weighted by molar-refractivity contribution is -0.147. The third-order valence-electron chi connectivity index (χ3n) is 3.83. The van der Waals surface area contributed by atoms with Gasteiger partial charge >= 0.3 is 5.97 Å². The van der Waals surface area contributed by atoms with E-state index in [1.807, 2.05) is 24.3 Å². The highest BCUT2D eigenvalue weighted by Crippen LogP contribution is 2.23. The van der Waals surface area contributed by atoms with Crippen LogP contribution in [0.1, 0.15) is 47.8 Å². The highest BCUT2D eigenvalue weighted by molar-refractivity contribution is 7.18. The van der Waals surface area contributed by atoms with E-state index >= 15 is 0 Å². The van der Waals surface area contributed by atoms with Crippen LogP contribution >= 0.6 is 22.9 Å². The number of aryl methyl sites for hydroxylation is 1. The first-order valence-corrected chi connectivity index (χ1v) is 10.0. The number of anilines is 1. The molecule has 0 fully saturated rings. The number of hydrogen-bond donors (Lipinski definition) is 1. The Labute approximate surface area is 167 Å². The summed E-state index contributed by atoms with van der Waals surface area (Å²) in [6, 6.07) is 10.9. The Balaban J connectivity index is 1.68. The minimum absolute atomic E-state index is 0.0243. The number of hydrogen-bond acceptors (Lipinski definition) is 5. The minimum Gasteiger partial charge on any atom is -0.456 e. The highest BCUT2D eigenvalue weighted by atomic mass is 35.5. The van der Waals surface area contributed by atoms with Crippen LogP contribution in [0.15, 0.2) is 36.4 Å². The Bertz CT molecular complexity index is 786. The van der Waals surface area contributed by atoms with Crippen LogP contribution in [-0.2, 0) is 20.7 Å². The van der Waals surface area contributed by atoms with Crippen molar-refractivity contribution < 1.29 is 19.1 Å². The number of Topliss-reactive ketones (excluding diaryl/α,β-unsaturated/α-hetero) is 1. The van der Waals surface area contributed by atoms with Gasteiger partial charge in [-0.2, -0.15) is 0 Å². The van der Waals surface area contributed by atoms with Crippen LogP contribution in [0.3, 0.4) is 0 Å². The number of halogens is 1. The van der Waals surface area contributed by atoms with Gasteiger partial charge in [0.15, 0.2) is 12.4 Å². The molecule has 144 valence electrons. The second-order valence-corrected chi connectivity index (χ2v) is 7.75. The predicted octanol–water partition coefficient (Wildman–Crippen LogP) is 4.89. The van der Waals surface area contributed by atoms with Gasteiger partial charge in [0.25, 0.3) is 5.91 Å². The number of ether oxygens (including phenoxy) is 1. The maximum absolute atomic E-state index is 11.9. The molecule has 2 aromatic rings. The second kappa shape index (κ2) is 10.8. The SMILES string of the molecule is CCCCc1ccc(NC(=O)COC(=O)CCC(=O)c2ccc(Cl)s2)cc1. The van der Waals surface area contributed by atoms with Crippen molar-refractivity contribution in [3.8, 4) is 0 Å². The van der Waals surface area contributed by atoms with E-state index in [-0.39, 0.29) is 25.2 Å². The number of amides is 1. The van der Waals surface area contributed by atoms with Crippen LogP contribution in [0, 0.1) is 0 Å². The lowest BCUT2D eigenvalue weighted by Gasteiger charge is -2.07. The topological polar surface area (TPSA) is 72.5 Å². The molecule has 1 aromatic carbocycles. The van der Waals surface area contributed by atoms with Crippen LogP contribution in [0.25, 0.3) is 0 Å². The van der Waals surface area contributed by atoms with Crippen molar-refractivity contribution in [2.45, 2.75) is 39.0 Å². The molecule has 0 aliphatic rings. The third kappa shape index (κ3) is 7.53. The number of esters is 1. The molecule has 0 unspecified atom stereocenters. The summed E-state index contributed by atoms with van der Waals surface area (Å²) in [7, 11) is 0. The molecule has 7 heteroatoms. The van der Waals surface area contributed by atoms with Crippen LogP contribution in [-0.4, -0.2) is 24.3 Å². The average molecular weight is 408 g/mol. The molecule has 0 bridgehead atoms. The zero-order chi connectivity index (χ0) is 19.6. The first kappa shape index (κ1) is 21.1.